The lowest BCUT2D eigenvalue weighted by molar-refractivity contribution is 0.102. The average Bonchev–Trinajstić information content (AvgIpc) is 2.69. The highest BCUT2D eigenvalue weighted by atomic mass is 32.2. The van der Waals surface area contributed by atoms with E-state index in [2.05, 4.69) is 15.3 Å². The highest BCUT2D eigenvalue weighted by Crippen LogP contribution is 2.50. The fraction of sp³-hybridized carbons (Fsp3) is 0.400. The van der Waals surface area contributed by atoms with Crippen LogP contribution in [0.15, 0.2) is 35.6 Å². The van der Waals surface area contributed by atoms with Crippen LogP contribution in [0.1, 0.15) is 47.4 Å². The summed E-state index contributed by atoms with van der Waals surface area (Å²) in [7, 11) is 0. The zero-order valence-corrected chi connectivity index (χ0v) is 16.4. The first-order valence-corrected chi connectivity index (χ1v) is 10.3. The van der Waals surface area contributed by atoms with Crippen molar-refractivity contribution < 1.29 is 9.18 Å². The van der Waals surface area contributed by atoms with Gasteiger partial charge in [0.25, 0.3) is 5.91 Å². The van der Waals surface area contributed by atoms with Crippen LogP contribution in [0.4, 0.5) is 10.1 Å². The number of aryl methyl sites for hydroxylation is 1. The van der Waals surface area contributed by atoms with Crippen molar-refractivity contribution in [3.05, 3.63) is 53.4 Å². The van der Waals surface area contributed by atoms with Crippen LogP contribution in [0.5, 0.6) is 0 Å². The summed E-state index contributed by atoms with van der Waals surface area (Å²) in [4.78, 5) is 25.4. The van der Waals surface area contributed by atoms with Crippen molar-refractivity contribution in [3.8, 4) is 0 Å². The van der Waals surface area contributed by atoms with Crippen molar-refractivity contribution in [2.24, 2.45) is 16.6 Å². The molecule has 8 heteroatoms. The third-order valence-electron chi connectivity index (χ3n) is 5.48. The first kappa shape index (κ1) is 18.9. The van der Waals surface area contributed by atoms with E-state index in [1.807, 2.05) is 0 Å². The molecule has 1 amide bonds. The van der Waals surface area contributed by atoms with Gasteiger partial charge in [-0.05, 0) is 43.9 Å². The number of carbonyl (C=O) groups is 1. The van der Waals surface area contributed by atoms with Gasteiger partial charge in [0, 0.05) is 23.2 Å². The number of nitrogens with zero attached hydrogens (tertiary/aromatic N) is 3. The number of carbonyl (C=O) groups excluding carboxylic acids is 1. The van der Waals surface area contributed by atoms with Gasteiger partial charge in [0.1, 0.15) is 11.5 Å². The Kier molecular flexibility index (Phi) is 5.05. The number of amides is 1. The molecule has 1 aliphatic heterocycles. The molecule has 28 heavy (non-hydrogen) atoms. The summed E-state index contributed by atoms with van der Waals surface area (Å²) in [5.41, 5.74) is 7.33. The van der Waals surface area contributed by atoms with Crippen molar-refractivity contribution in [1.82, 2.24) is 9.97 Å². The van der Waals surface area contributed by atoms with E-state index < -0.39 is 5.54 Å². The van der Waals surface area contributed by atoms with Crippen LogP contribution in [0.3, 0.4) is 0 Å². The molecule has 2 aromatic rings. The molecule has 1 aliphatic carbocycles. The predicted molar refractivity (Wildman–Crippen MR) is 109 cm³/mol. The summed E-state index contributed by atoms with van der Waals surface area (Å²) in [6, 6.07) is 4.64. The molecule has 6 nitrogen and oxygen atoms in total. The molecular formula is C20H22FN5OS. The summed E-state index contributed by atoms with van der Waals surface area (Å²) in [5, 5.41) is 3.30. The van der Waals surface area contributed by atoms with Gasteiger partial charge in [-0.15, -0.1) is 0 Å². The van der Waals surface area contributed by atoms with Gasteiger partial charge in [-0.2, -0.15) is 0 Å². The molecule has 2 aliphatic rings. The Labute approximate surface area is 167 Å². The number of aliphatic imine (C=N–C) groups is 1. The Morgan fingerprint density at radius 1 is 1.32 bits per heavy atom. The Bertz CT molecular complexity index is 933. The number of benzene rings is 1. The standard InChI is InChI=1S/C20H22FN5OS/c1-12-9-24-17(10-23-12)18(27)25-14-5-6-16(21)15(8-14)20-7-3-2-4-13(20)11-28-19(22)26-20/h5-6,8-10,13H,2-4,7,11H2,1H3,(H2,22,26)(H,25,27)/t13-,20-/m0/s1. The Morgan fingerprint density at radius 3 is 2.96 bits per heavy atom. The minimum Gasteiger partial charge on any atom is -0.379 e. The van der Waals surface area contributed by atoms with Crippen molar-refractivity contribution in [1.29, 1.82) is 0 Å². The van der Waals surface area contributed by atoms with Crippen LogP contribution in [0.25, 0.3) is 0 Å². The molecule has 0 bridgehead atoms. The molecule has 146 valence electrons. The van der Waals surface area contributed by atoms with Gasteiger partial charge in [0.2, 0.25) is 0 Å². The quantitative estimate of drug-likeness (QED) is 0.822. The molecule has 4 rings (SSSR count). The van der Waals surface area contributed by atoms with Crippen LogP contribution >= 0.6 is 11.8 Å². The lowest BCUT2D eigenvalue weighted by atomic mass is 9.69. The number of aromatic nitrogens is 2. The van der Waals surface area contributed by atoms with E-state index in [1.165, 1.54) is 30.2 Å². The number of thioether (sulfide) groups is 1. The Hall–Kier alpha value is -2.48. The van der Waals surface area contributed by atoms with Crippen molar-refractivity contribution >= 4 is 28.5 Å². The molecule has 1 saturated carbocycles. The number of fused-ring (bicyclic) bond motifs is 1. The molecule has 0 radical (unpaired) electrons. The Balaban J connectivity index is 1.68. The average molecular weight is 399 g/mol. The molecule has 0 saturated heterocycles. The summed E-state index contributed by atoms with van der Waals surface area (Å²) in [6.45, 7) is 1.80. The number of halogens is 1. The van der Waals surface area contributed by atoms with E-state index in [1.54, 1.807) is 19.1 Å². The third kappa shape index (κ3) is 3.48. The number of rotatable bonds is 3. The summed E-state index contributed by atoms with van der Waals surface area (Å²) >= 11 is 1.54. The van der Waals surface area contributed by atoms with E-state index in [4.69, 9.17) is 10.7 Å². The van der Waals surface area contributed by atoms with E-state index in [0.29, 0.717) is 16.4 Å². The van der Waals surface area contributed by atoms with E-state index in [9.17, 15) is 9.18 Å². The minimum absolute atomic E-state index is 0.210. The normalized spacial score (nSPS) is 24.2. The molecule has 3 N–H and O–H groups in total. The number of amidine groups is 1. The van der Waals surface area contributed by atoms with Gasteiger partial charge < -0.3 is 11.1 Å². The lowest BCUT2D eigenvalue weighted by Crippen LogP contribution is -2.43. The number of hydrogen-bond donors (Lipinski definition) is 2. The fourth-order valence-electron chi connectivity index (χ4n) is 4.07. The summed E-state index contributed by atoms with van der Waals surface area (Å²) < 4.78 is 14.9. The van der Waals surface area contributed by atoms with Crippen molar-refractivity contribution in [2.75, 3.05) is 11.1 Å². The maximum Gasteiger partial charge on any atom is 0.275 e. The number of nitrogens with two attached hydrogens (primary N) is 1. The summed E-state index contributed by atoms with van der Waals surface area (Å²) in [6.07, 6.45) is 6.82. The smallest absolute Gasteiger partial charge is 0.275 e. The van der Waals surface area contributed by atoms with Crippen molar-refractivity contribution in [2.45, 2.75) is 38.1 Å². The maximum atomic E-state index is 14.9. The van der Waals surface area contributed by atoms with Crippen LogP contribution in [0, 0.1) is 18.7 Å². The van der Waals surface area contributed by atoms with Gasteiger partial charge in [0.15, 0.2) is 5.17 Å². The lowest BCUT2D eigenvalue weighted by Gasteiger charge is -2.44. The maximum absolute atomic E-state index is 14.9. The number of nitrogens with one attached hydrogen (secondary N) is 1. The number of hydrogen-bond acceptors (Lipinski definition) is 6. The van der Waals surface area contributed by atoms with Gasteiger partial charge in [0.05, 0.1) is 17.4 Å². The van der Waals surface area contributed by atoms with Crippen LogP contribution in [-0.4, -0.2) is 26.8 Å². The molecule has 2 heterocycles. The molecule has 2 atom stereocenters. The predicted octanol–water partition coefficient (Wildman–Crippen LogP) is 3.62. The first-order chi connectivity index (χ1) is 13.5. The topological polar surface area (TPSA) is 93.3 Å². The highest BCUT2D eigenvalue weighted by Gasteiger charge is 2.46. The zero-order valence-electron chi connectivity index (χ0n) is 15.6. The van der Waals surface area contributed by atoms with E-state index >= 15 is 0 Å². The van der Waals surface area contributed by atoms with Gasteiger partial charge in [-0.25, -0.2) is 9.37 Å². The highest BCUT2D eigenvalue weighted by molar-refractivity contribution is 8.13. The molecule has 0 unspecified atom stereocenters. The van der Waals surface area contributed by atoms with Crippen molar-refractivity contribution in [3.63, 3.8) is 0 Å². The van der Waals surface area contributed by atoms with Crippen LogP contribution in [-0.2, 0) is 5.54 Å². The van der Waals surface area contributed by atoms with Gasteiger partial charge in [-0.1, -0.05) is 24.6 Å². The fourth-order valence-corrected chi connectivity index (χ4v) is 5.11. The molecule has 1 aromatic heterocycles. The minimum atomic E-state index is -0.651. The monoisotopic (exact) mass is 399 g/mol. The third-order valence-corrected chi connectivity index (χ3v) is 6.44. The second kappa shape index (κ2) is 7.50. The summed E-state index contributed by atoms with van der Waals surface area (Å²) in [5.74, 6) is 0.375. The molecule has 1 aromatic carbocycles. The zero-order chi connectivity index (χ0) is 19.7. The van der Waals surface area contributed by atoms with Crippen LogP contribution in [0.2, 0.25) is 0 Å². The molecule has 1 fully saturated rings. The Morgan fingerprint density at radius 2 is 2.18 bits per heavy atom. The molecule has 0 spiro atoms. The molecular weight excluding hydrogens is 377 g/mol. The number of anilines is 1. The van der Waals surface area contributed by atoms with Gasteiger partial charge >= 0.3 is 0 Å². The largest absolute Gasteiger partial charge is 0.379 e. The SMILES string of the molecule is Cc1cnc(C(=O)Nc2ccc(F)c([C@]34CCCC[C@H]3CSC(N)=N4)c2)cn1. The van der Waals surface area contributed by atoms with E-state index in [-0.39, 0.29) is 23.3 Å². The van der Waals surface area contributed by atoms with E-state index in [0.717, 1.165) is 37.1 Å². The van der Waals surface area contributed by atoms with Gasteiger partial charge in [-0.3, -0.25) is 14.8 Å². The first-order valence-electron chi connectivity index (χ1n) is 9.36. The second-order valence-electron chi connectivity index (χ2n) is 7.32. The van der Waals surface area contributed by atoms with Crippen LogP contribution < -0.4 is 11.1 Å². The second-order valence-corrected chi connectivity index (χ2v) is 8.36.